The average molecular weight is 686 g/mol. The molecule has 4 aromatic rings. The van der Waals surface area contributed by atoms with Crippen LogP contribution in [-0.2, 0) is 11.3 Å². The zero-order valence-corrected chi connectivity index (χ0v) is 28.6. The molecule has 14 heteroatoms. The lowest BCUT2D eigenvalue weighted by Gasteiger charge is -2.35. The second-order valence-electron chi connectivity index (χ2n) is 13.1. The maximum absolute atomic E-state index is 16.7. The normalized spacial score (nSPS) is 17.2. The number of likely N-dealkylation sites (N-methyl/N-ethyl adjacent to an activating group) is 1. The fraction of sp³-hybridized carbons (Fsp3) is 0.417. The van der Waals surface area contributed by atoms with E-state index in [4.69, 9.17) is 4.74 Å². The number of H-pyrrole nitrogens is 1. The Morgan fingerprint density at radius 1 is 1.00 bits per heavy atom. The number of ether oxygens (including phenoxy) is 1. The number of anilines is 1. The van der Waals surface area contributed by atoms with Gasteiger partial charge in [-0.3, -0.25) is 19.2 Å². The fourth-order valence-corrected chi connectivity index (χ4v) is 7.28. The molecule has 12 nitrogen and oxygen atoms in total. The number of fused-ring (bicyclic) bond motifs is 1. The summed E-state index contributed by atoms with van der Waals surface area (Å²) in [5.74, 6) is -0.298. The summed E-state index contributed by atoms with van der Waals surface area (Å²) < 4.78 is 37.4. The molecule has 0 atom stereocenters. The Bertz CT molecular complexity index is 1980. The Kier molecular flexibility index (Phi) is 9.36. The quantitative estimate of drug-likeness (QED) is 0.279. The van der Waals surface area contributed by atoms with Crippen LogP contribution in [0.15, 0.2) is 48.4 Å². The third kappa shape index (κ3) is 6.47. The Morgan fingerprint density at radius 2 is 1.82 bits per heavy atom. The molecule has 3 aliphatic heterocycles. The first-order valence-electron chi connectivity index (χ1n) is 17.0. The van der Waals surface area contributed by atoms with E-state index in [0.717, 1.165) is 35.9 Å². The molecule has 0 saturated carbocycles. The van der Waals surface area contributed by atoms with Gasteiger partial charge in [0, 0.05) is 82.0 Å². The highest BCUT2D eigenvalue weighted by atomic mass is 19.1. The SMILES string of the molecule is CCC1=C(c2cc(C3=CCCN(C(=O)CCn4ccnn4)C3)c(F)c3[nH]c(C(=O)N4CCN(c5ncc(F)cc5OC)CC4)cc23)CN(C)C1. The highest BCUT2D eigenvalue weighted by Gasteiger charge is 2.30. The van der Waals surface area contributed by atoms with E-state index in [2.05, 4.69) is 39.2 Å². The van der Waals surface area contributed by atoms with Crippen LogP contribution >= 0.6 is 0 Å². The molecule has 1 fully saturated rings. The number of benzene rings is 1. The molecule has 0 bridgehead atoms. The summed E-state index contributed by atoms with van der Waals surface area (Å²) in [5.41, 5.74) is 5.12. The molecule has 1 N–H and O–H groups in total. The predicted octanol–water partition coefficient (Wildman–Crippen LogP) is 4.22. The highest BCUT2D eigenvalue weighted by molar-refractivity contribution is 6.03. The Hall–Kier alpha value is -5.11. The first-order valence-corrected chi connectivity index (χ1v) is 17.0. The lowest BCUT2D eigenvalue weighted by molar-refractivity contribution is -0.131. The van der Waals surface area contributed by atoms with Crippen LogP contribution in [0.4, 0.5) is 14.6 Å². The Labute approximate surface area is 289 Å². The van der Waals surface area contributed by atoms with Crippen LogP contribution in [0.1, 0.15) is 47.8 Å². The number of aromatic nitrogens is 5. The highest BCUT2D eigenvalue weighted by Crippen LogP contribution is 2.38. The molecule has 2 amide bonds. The number of aromatic amines is 1. The molecule has 262 valence electrons. The maximum Gasteiger partial charge on any atom is 0.270 e. The molecule has 1 aromatic carbocycles. The average Bonchev–Trinajstić information content (AvgIpc) is 3.91. The molecular weight excluding hydrogens is 644 g/mol. The number of nitrogens with zero attached hydrogens (tertiary/aromatic N) is 8. The number of amides is 2. The molecule has 0 aliphatic carbocycles. The van der Waals surface area contributed by atoms with Crippen molar-refractivity contribution < 1.29 is 23.1 Å². The molecule has 1 saturated heterocycles. The van der Waals surface area contributed by atoms with Crippen molar-refractivity contribution in [3.05, 3.63) is 76.9 Å². The fourth-order valence-electron chi connectivity index (χ4n) is 7.28. The number of hydrogen-bond acceptors (Lipinski definition) is 8. The summed E-state index contributed by atoms with van der Waals surface area (Å²) in [6.07, 6.45) is 8.22. The molecule has 0 unspecified atom stereocenters. The monoisotopic (exact) mass is 685 g/mol. The second kappa shape index (κ2) is 14.0. The third-order valence-corrected chi connectivity index (χ3v) is 9.91. The van der Waals surface area contributed by atoms with Crippen molar-refractivity contribution in [2.75, 3.05) is 71.4 Å². The minimum absolute atomic E-state index is 0.0253. The van der Waals surface area contributed by atoms with Crippen molar-refractivity contribution in [2.45, 2.75) is 32.7 Å². The van der Waals surface area contributed by atoms with Gasteiger partial charge in [0.25, 0.3) is 5.91 Å². The number of hydrogen-bond donors (Lipinski definition) is 1. The van der Waals surface area contributed by atoms with Gasteiger partial charge in [-0.2, -0.15) is 0 Å². The molecule has 3 aromatic heterocycles. The van der Waals surface area contributed by atoms with Crippen LogP contribution in [0.3, 0.4) is 0 Å². The zero-order valence-electron chi connectivity index (χ0n) is 28.6. The summed E-state index contributed by atoms with van der Waals surface area (Å²) in [4.78, 5) is 42.2. The Balaban J connectivity index is 1.17. The number of methoxy groups -OCH3 is 1. The summed E-state index contributed by atoms with van der Waals surface area (Å²) in [7, 11) is 3.54. The van der Waals surface area contributed by atoms with Gasteiger partial charge < -0.3 is 24.4 Å². The molecule has 50 heavy (non-hydrogen) atoms. The second-order valence-corrected chi connectivity index (χ2v) is 13.1. The van der Waals surface area contributed by atoms with E-state index in [9.17, 15) is 14.0 Å². The number of aryl methyl sites for hydroxylation is 1. The lowest BCUT2D eigenvalue weighted by atomic mass is 9.91. The summed E-state index contributed by atoms with van der Waals surface area (Å²) >= 11 is 0. The van der Waals surface area contributed by atoms with Gasteiger partial charge in [0.05, 0.1) is 31.6 Å². The number of pyridine rings is 1. The van der Waals surface area contributed by atoms with Gasteiger partial charge in [0.2, 0.25) is 5.91 Å². The van der Waals surface area contributed by atoms with Crippen LogP contribution in [0.2, 0.25) is 0 Å². The van der Waals surface area contributed by atoms with Gasteiger partial charge in [-0.15, -0.1) is 5.10 Å². The van der Waals surface area contributed by atoms with Crippen molar-refractivity contribution in [1.29, 1.82) is 0 Å². The van der Waals surface area contributed by atoms with Crippen molar-refractivity contribution in [3.63, 3.8) is 0 Å². The lowest BCUT2D eigenvalue weighted by Crippen LogP contribution is -2.49. The minimum Gasteiger partial charge on any atom is -0.493 e. The molecule has 0 spiro atoms. The van der Waals surface area contributed by atoms with Crippen LogP contribution in [0, 0.1) is 11.6 Å². The summed E-state index contributed by atoms with van der Waals surface area (Å²) in [5, 5.41) is 8.42. The van der Waals surface area contributed by atoms with Crippen LogP contribution in [-0.4, -0.2) is 118 Å². The number of piperazine rings is 1. The van der Waals surface area contributed by atoms with Gasteiger partial charge >= 0.3 is 0 Å². The number of halogens is 2. The number of carbonyl (C=O) groups excluding carboxylic acids is 2. The summed E-state index contributed by atoms with van der Waals surface area (Å²) in [6, 6.07) is 5.00. The Morgan fingerprint density at radius 3 is 2.56 bits per heavy atom. The van der Waals surface area contributed by atoms with E-state index in [-0.39, 0.29) is 23.8 Å². The van der Waals surface area contributed by atoms with Crippen molar-refractivity contribution in [1.82, 2.24) is 39.7 Å². The third-order valence-electron chi connectivity index (χ3n) is 9.91. The molecular formula is C36H41F2N9O3. The van der Waals surface area contributed by atoms with E-state index in [0.29, 0.717) is 87.0 Å². The first kappa shape index (κ1) is 33.4. The number of rotatable bonds is 9. The topological polar surface area (TPSA) is 116 Å². The minimum atomic E-state index is -0.482. The van der Waals surface area contributed by atoms with E-state index in [1.54, 1.807) is 32.9 Å². The first-order chi connectivity index (χ1) is 24.2. The number of nitrogens with one attached hydrogen (secondary N) is 1. The van der Waals surface area contributed by atoms with Gasteiger partial charge in [0.15, 0.2) is 17.4 Å². The van der Waals surface area contributed by atoms with Gasteiger partial charge in [-0.05, 0) is 48.7 Å². The summed E-state index contributed by atoms with van der Waals surface area (Å²) in [6.45, 7) is 6.71. The molecule has 7 rings (SSSR count). The van der Waals surface area contributed by atoms with Gasteiger partial charge in [-0.1, -0.05) is 23.8 Å². The van der Waals surface area contributed by atoms with Crippen molar-refractivity contribution in [2.24, 2.45) is 0 Å². The smallest absolute Gasteiger partial charge is 0.270 e. The van der Waals surface area contributed by atoms with Gasteiger partial charge in [-0.25, -0.2) is 13.8 Å². The number of carbonyl (C=O) groups is 2. The zero-order chi connectivity index (χ0) is 34.9. The maximum atomic E-state index is 16.7. The van der Waals surface area contributed by atoms with Crippen LogP contribution < -0.4 is 9.64 Å². The molecule has 3 aliphatic rings. The molecule has 0 radical (unpaired) electrons. The van der Waals surface area contributed by atoms with Crippen LogP contribution in [0.25, 0.3) is 22.0 Å². The van der Waals surface area contributed by atoms with E-state index in [1.807, 2.05) is 17.0 Å². The molecule has 6 heterocycles. The van der Waals surface area contributed by atoms with E-state index < -0.39 is 11.6 Å². The largest absolute Gasteiger partial charge is 0.493 e. The van der Waals surface area contributed by atoms with E-state index in [1.165, 1.54) is 18.7 Å². The van der Waals surface area contributed by atoms with Gasteiger partial charge in [0.1, 0.15) is 11.5 Å². The van der Waals surface area contributed by atoms with Crippen molar-refractivity contribution in [3.8, 4) is 5.75 Å². The van der Waals surface area contributed by atoms with Crippen molar-refractivity contribution >= 4 is 39.7 Å². The van der Waals surface area contributed by atoms with E-state index >= 15 is 4.39 Å². The predicted molar refractivity (Wildman–Crippen MR) is 186 cm³/mol. The van der Waals surface area contributed by atoms with Crippen LogP contribution in [0.5, 0.6) is 5.75 Å². The standard InChI is InChI=1S/C36H41F2N9O3/c1-4-23-20-43(2)22-29(23)27-17-26(24-6-5-9-46(21-24)32(48)7-10-47-11-8-40-42-47)33(38)34-28(27)18-30(41-34)36(49)45-14-12-44(13-15-45)35-31(50-3)16-25(37)19-39-35/h6,8,11,16-19,41H,4-5,7,9-10,12-15,20-22H2,1-3H3.